The molecule has 1 N–H and O–H groups in total. The van der Waals surface area contributed by atoms with E-state index >= 15 is 0 Å². The molecule has 0 aromatic carbocycles. The maximum Gasteiger partial charge on any atom is 0.313 e. The number of hydrogen-bond donors (Lipinski definition) is 1. The highest BCUT2D eigenvalue weighted by Gasteiger charge is 2.29. The Bertz CT molecular complexity index is 458. The van der Waals surface area contributed by atoms with Crippen LogP contribution in [-0.4, -0.2) is 29.1 Å². The summed E-state index contributed by atoms with van der Waals surface area (Å²) in [6.07, 6.45) is 2.90. The fourth-order valence-corrected chi connectivity index (χ4v) is 2.19. The van der Waals surface area contributed by atoms with Crippen molar-refractivity contribution in [2.45, 2.75) is 39.2 Å². The van der Waals surface area contributed by atoms with Crippen LogP contribution in [0.15, 0.2) is 6.20 Å². The van der Waals surface area contributed by atoms with Crippen LogP contribution in [0.25, 0.3) is 0 Å². The largest absolute Gasteiger partial charge is 0.466 e. The minimum Gasteiger partial charge on any atom is -0.466 e. The van der Waals surface area contributed by atoms with Gasteiger partial charge in [-0.1, -0.05) is 0 Å². The Balaban J connectivity index is 2.23. The number of ether oxygens (including phenoxy) is 1. The van der Waals surface area contributed by atoms with Crippen molar-refractivity contribution in [1.82, 2.24) is 15.3 Å². The molecule has 0 spiro atoms. The molecule has 98 valence electrons. The normalized spacial score (nSPS) is 17.1. The predicted molar refractivity (Wildman–Crippen MR) is 67.1 cm³/mol. The van der Waals surface area contributed by atoms with E-state index in [1.54, 1.807) is 6.92 Å². The molecule has 1 aliphatic heterocycles. The molecule has 0 fully saturated rings. The van der Waals surface area contributed by atoms with Gasteiger partial charge < -0.3 is 10.1 Å². The minimum absolute atomic E-state index is 0.136. The summed E-state index contributed by atoms with van der Waals surface area (Å²) in [6, 6.07) is 0. The molecule has 0 radical (unpaired) electrons. The Morgan fingerprint density at radius 1 is 1.56 bits per heavy atom. The predicted octanol–water partition coefficient (Wildman–Crippen LogP) is 0.963. The highest BCUT2D eigenvalue weighted by molar-refractivity contribution is 5.71. The zero-order valence-corrected chi connectivity index (χ0v) is 11.1. The van der Waals surface area contributed by atoms with Gasteiger partial charge in [0.1, 0.15) is 12.2 Å². The second-order valence-corrected chi connectivity index (χ2v) is 4.94. The van der Waals surface area contributed by atoms with Crippen molar-refractivity contribution in [2.24, 2.45) is 0 Å². The molecule has 1 aliphatic rings. The lowest BCUT2D eigenvalue weighted by molar-refractivity contribution is -0.142. The number of carbonyl (C=O) groups is 1. The van der Waals surface area contributed by atoms with Crippen LogP contribution >= 0.6 is 0 Å². The number of fused-ring (bicyclic) bond motifs is 1. The van der Waals surface area contributed by atoms with E-state index in [1.165, 1.54) is 0 Å². The molecule has 0 saturated carbocycles. The Morgan fingerprint density at radius 2 is 2.33 bits per heavy atom. The van der Waals surface area contributed by atoms with E-state index in [2.05, 4.69) is 29.1 Å². The van der Waals surface area contributed by atoms with Crippen LogP contribution in [0, 0.1) is 0 Å². The van der Waals surface area contributed by atoms with Gasteiger partial charge in [0, 0.05) is 12.7 Å². The van der Waals surface area contributed by atoms with Gasteiger partial charge in [-0.15, -0.1) is 0 Å². The van der Waals surface area contributed by atoms with Crippen LogP contribution in [0.2, 0.25) is 0 Å². The monoisotopic (exact) mass is 249 g/mol. The van der Waals surface area contributed by atoms with Crippen LogP contribution in [0.1, 0.15) is 37.9 Å². The molecule has 5 nitrogen and oxygen atoms in total. The van der Waals surface area contributed by atoms with E-state index in [4.69, 9.17) is 4.74 Å². The van der Waals surface area contributed by atoms with Gasteiger partial charge in [0.2, 0.25) is 0 Å². The maximum absolute atomic E-state index is 11.4. The van der Waals surface area contributed by atoms with Gasteiger partial charge >= 0.3 is 5.97 Å². The average Bonchev–Trinajstić information content (AvgIpc) is 2.30. The molecule has 5 heteroatoms. The summed E-state index contributed by atoms with van der Waals surface area (Å²) in [5, 5.41) is 3.41. The van der Waals surface area contributed by atoms with Crippen LogP contribution < -0.4 is 5.32 Å². The number of esters is 1. The van der Waals surface area contributed by atoms with Gasteiger partial charge in [0.05, 0.1) is 17.8 Å². The summed E-state index contributed by atoms with van der Waals surface area (Å²) >= 11 is 0. The van der Waals surface area contributed by atoms with Crippen molar-refractivity contribution in [2.75, 3.05) is 13.2 Å². The van der Waals surface area contributed by atoms with Crippen molar-refractivity contribution < 1.29 is 9.53 Å². The van der Waals surface area contributed by atoms with Crippen LogP contribution in [-0.2, 0) is 27.9 Å². The first-order valence-electron chi connectivity index (χ1n) is 6.29. The topological polar surface area (TPSA) is 64.1 Å². The molecular weight excluding hydrogens is 230 g/mol. The number of carbonyl (C=O) groups excluding carboxylic acids is 1. The van der Waals surface area contributed by atoms with E-state index in [0.29, 0.717) is 12.4 Å². The van der Waals surface area contributed by atoms with Gasteiger partial charge in [0.25, 0.3) is 0 Å². The fraction of sp³-hybridized carbons (Fsp3) is 0.615. The zero-order chi connectivity index (χ0) is 13.2. The van der Waals surface area contributed by atoms with E-state index in [0.717, 1.165) is 24.2 Å². The number of nitrogens with one attached hydrogen (secondary N) is 1. The molecular formula is C13H19N3O2. The molecule has 2 heterocycles. The first-order chi connectivity index (χ1) is 8.53. The lowest BCUT2D eigenvalue weighted by Crippen LogP contribution is -2.43. The second-order valence-electron chi connectivity index (χ2n) is 4.94. The molecule has 18 heavy (non-hydrogen) atoms. The van der Waals surface area contributed by atoms with E-state index in [-0.39, 0.29) is 17.9 Å². The zero-order valence-electron chi connectivity index (χ0n) is 11.1. The van der Waals surface area contributed by atoms with Crippen LogP contribution in [0.4, 0.5) is 0 Å². The van der Waals surface area contributed by atoms with E-state index in [1.807, 2.05) is 6.20 Å². The third-order valence-electron chi connectivity index (χ3n) is 3.08. The van der Waals surface area contributed by atoms with Crippen molar-refractivity contribution in [3.63, 3.8) is 0 Å². The summed E-state index contributed by atoms with van der Waals surface area (Å²) in [4.78, 5) is 20.2. The van der Waals surface area contributed by atoms with Crippen LogP contribution in [0.5, 0.6) is 0 Å². The molecule has 0 aliphatic carbocycles. The third kappa shape index (κ3) is 2.67. The summed E-state index contributed by atoms with van der Waals surface area (Å²) in [7, 11) is 0. The Morgan fingerprint density at radius 3 is 3.06 bits per heavy atom. The lowest BCUT2D eigenvalue weighted by atomic mass is 9.91. The van der Waals surface area contributed by atoms with Gasteiger partial charge in [-0.05, 0) is 32.8 Å². The van der Waals surface area contributed by atoms with E-state index in [9.17, 15) is 4.79 Å². The van der Waals surface area contributed by atoms with Gasteiger partial charge in [-0.2, -0.15) is 0 Å². The molecule has 1 aromatic rings. The maximum atomic E-state index is 11.4. The number of nitrogens with zero attached hydrogens (tertiary/aromatic N) is 2. The lowest BCUT2D eigenvalue weighted by Gasteiger charge is -2.32. The summed E-state index contributed by atoms with van der Waals surface area (Å²) in [5.74, 6) is 0.253. The van der Waals surface area contributed by atoms with Crippen molar-refractivity contribution >= 4 is 5.97 Å². The second kappa shape index (κ2) is 5.02. The number of aromatic nitrogens is 2. The SMILES string of the molecule is CCOC(=O)Cc1ncc2c(n1)C(C)(C)NCC2. The molecule has 1 aromatic heterocycles. The number of hydrogen-bond acceptors (Lipinski definition) is 5. The first-order valence-corrected chi connectivity index (χ1v) is 6.29. The quantitative estimate of drug-likeness (QED) is 0.808. The Labute approximate surface area is 107 Å². The third-order valence-corrected chi connectivity index (χ3v) is 3.08. The van der Waals surface area contributed by atoms with Crippen molar-refractivity contribution in [3.05, 3.63) is 23.3 Å². The first kappa shape index (κ1) is 13.0. The Hall–Kier alpha value is -1.49. The van der Waals surface area contributed by atoms with Crippen molar-refractivity contribution in [1.29, 1.82) is 0 Å². The highest BCUT2D eigenvalue weighted by atomic mass is 16.5. The standard InChI is InChI=1S/C13H19N3O2/c1-4-18-11(17)7-10-14-8-9-5-6-15-13(2,3)12(9)16-10/h8,15H,4-7H2,1-3H3. The molecule has 0 amide bonds. The molecule has 0 unspecified atom stereocenters. The summed E-state index contributed by atoms with van der Waals surface area (Å²) in [6.45, 7) is 7.29. The van der Waals surface area contributed by atoms with Gasteiger partial charge in [0.15, 0.2) is 0 Å². The molecule has 0 atom stereocenters. The van der Waals surface area contributed by atoms with Gasteiger partial charge in [-0.25, -0.2) is 9.97 Å². The molecule has 0 bridgehead atoms. The minimum atomic E-state index is -0.279. The van der Waals surface area contributed by atoms with Crippen LogP contribution in [0.3, 0.4) is 0 Å². The summed E-state index contributed by atoms with van der Waals surface area (Å²) in [5.41, 5.74) is 1.98. The number of rotatable bonds is 3. The Kier molecular flexibility index (Phi) is 3.61. The van der Waals surface area contributed by atoms with Crippen molar-refractivity contribution in [3.8, 4) is 0 Å². The smallest absolute Gasteiger partial charge is 0.313 e. The summed E-state index contributed by atoms with van der Waals surface area (Å²) < 4.78 is 4.91. The molecule has 2 rings (SSSR count). The molecule has 0 saturated heterocycles. The van der Waals surface area contributed by atoms with E-state index < -0.39 is 0 Å². The fourth-order valence-electron chi connectivity index (χ4n) is 2.19. The highest BCUT2D eigenvalue weighted by Crippen LogP contribution is 2.25. The average molecular weight is 249 g/mol. The van der Waals surface area contributed by atoms with Gasteiger partial charge in [-0.3, -0.25) is 4.79 Å².